The highest BCUT2D eigenvalue weighted by Crippen LogP contribution is 2.19. The van der Waals surface area contributed by atoms with Gasteiger partial charge in [-0.2, -0.15) is 0 Å². The lowest BCUT2D eigenvalue weighted by Crippen LogP contribution is -2.55. The van der Waals surface area contributed by atoms with Crippen molar-refractivity contribution in [1.82, 2.24) is 53.2 Å². The molecule has 4 fully saturated rings. The Labute approximate surface area is 321 Å². The van der Waals surface area contributed by atoms with Crippen LogP contribution < -0.4 is 58.9 Å². The maximum absolute atomic E-state index is 13.8. The summed E-state index contributed by atoms with van der Waals surface area (Å²) in [4.78, 5) is 79.1. The first kappa shape index (κ1) is 41.8. The zero-order valence-corrected chi connectivity index (χ0v) is 31.9. The van der Waals surface area contributed by atoms with Crippen LogP contribution in [0.1, 0.15) is 25.8 Å². The van der Waals surface area contributed by atoms with Crippen LogP contribution in [0.3, 0.4) is 0 Å². The molecule has 18 nitrogen and oxygen atoms in total. The van der Waals surface area contributed by atoms with Gasteiger partial charge in [0, 0.05) is 77.4 Å². The van der Waals surface area contributed by atoms with Crippen LogP contribution in [0.15, 0.2) is 24.3 Å². The molecule has 4 saturated heterocycles. The molecule has 0 aromatic heterocycles. The van der Waals surface area contributed by atoms with E-state index in [9.17, 15) is 33.9 Å². The van der Waals surface area contributed by atoms with E-state index < -0.39 is 53.7 Å². The van der Waals surface area contributed by atoms with E-state index >= 15 is 0 Å². The van der Waals surface area contributed by atoms with Crippen LogP contribution in [-0.2, 0) is 35.2 Å². The summed E-state index contributed by atoms with van der Waals surface area (Å²) in [5.41, 5.74) is 6.19. The van der Waals surface area contributed by atoms with Crippen LogP contribution in [0.2, 0.25) is 0 Å². The molecule has 0 radical (unpaired) electrons. The number of nitrogens with two attached hydrogens (primary N) is 1. The zero-order valence-electron chi connectivity index (χ0n) is 31.9. The van der Waals surface area contributed by atoms with E-state index in [1.165, 1.54) is 0 Å². The number of carbonyl (C=O) groups is 6. The number of phenols is 1. The van der Waals surface area contributed by atoms with E-state index in [0.717, 1.165) is 5.56 Å². The third-order valence-corrected chi connectivity index (χ3v) is 11.4. The van der Waals surface area contributed by atoms with Crippen LogP contribution in [0.4, 0.5) is 0 Å². The first-order valence-corrected chi connectivity index (χ1v) is 19.4. The van der Waals surface area contributed by atoms with Gasteiger partial charge in [-0.05, 0) is 37.1 Å². The number of primary amides is 1. The molecule has 1 aromatic carbocycles. The molecule has 5 rings (SSSR count). The summed E-state index contributed by atoms with van der Waals surface area (Å²) in [5.74, 6) is -4.42. The summed E-state index contributed by atoms with van der Waals surface area (Å²) in [6.45, 7) is 7.23. The van der Waals surface area contributed by atoms with Gasteiger partial charge in [0.05, 0.1) is 47.7 Å². The third-order valence-electron chi connectivity index (χ3n) is 11.4. The molecule has 55 heavy (non-hydrogen) atoms. The topological polar surface area (TPSA) is 269 Å². The molecule has 4 heterocycles. The maximum Gasteiger partial charge on any atom is 0.226 e. The van der Waals surface area contributed by atoms with Gasteiger partial charge in [-0.1, -0.05) is 26.0 Å². The van der Waals surface area contributed by atoms with Crippen molar-refractivity contribution in [2.75, 3.05) is 66.0 Å². The Morgan fingerprint density at radius 1 is 0.691 bits per heavy atom. The van der Waals surface area contributed by atoms with Crippen molar-refractivity contribution < 1.29 is 33.9 Å². The largest absolute Gasteiger partial charge is 0.508 e. The number of amides is 6. The fourth-order valence-electron chi connectivity index (χ4n) is 7.94. The van der Waals surface area contributed by atoms with Crippen LogP contribution in [0, 0.1) is 35.5 Å². The lowest BCUT2D eigenvalue weighted by molar-refractivity contribution is -0.129. The summed E-state index contributed by atoms with van der Waals surface area (Å²) in [5, 5.41) is 40.7. The number of benzene rings is 1. The first-order valence-electron chi connectivity index (χ1n) is 19.4. The number of phenolic OH excluding ortho intramolecular Hbond substituents is 1. The minimum Gasteiger partial charge on any atom is -0.508 e. The average Bonchev–Trinajstić information content (AvgIpc) is 3.98. The standard InChI is InChI=1S/C37H59N11O7/c1-19(2)27(9-32(38)50)45-35(53)25-13-42-17-30(25)47-37(55)26-14-43-18-31(26)48-36(54)24-12-41-16-29(24)46-33(51)21(8-20-4-6-22(49)7-5-20)10-44-34(52)23-11-40-15-28(23)39-3/h4-7,19,21,23-31,39-43,49H,8-18H2,1-3H3,(H2,38,50)(H,44,52)(H,45,53)(H,46,51)(H,47,55)(H,48,54)/t21-,23-,24-,25-,26-,27+,28+,29+,30+,31+/m0/s1. The van der Waals surface area contributed by atoms with Crippen molar-refractivity contribution in [3.05, 3.63) is 29.8 Å². The highest BCUT2D eigenvalue weighted by molar-refractivity contribution is 5.87. The molecule has 0 unspecified atom stereocenters. The van der Waals surface area contributed by atoms with E-state index in [1.807, 2.05) is 20.9 Å². The third kappa shape index (κ3) is 11.1. The SMILES string of the molecule is CN[C@@H]1CNC[C@@H]1C(=O)NC[C@H](Cc1ccc(O)cc1)C(=O)N[C@@H]1CNC[C@@H]1C(=O)N[C@@H]1CNC[C@@H]1C(=O)N[C@@H]1CNC[C@@H]1C(=O)N[C@H](CC(N)=O)C(C)C. The molecule has 4 aliphatic heterocycles. The van der Waals surface area contributed by atoms with Gasteiger partial charge >= 0.3 is 0 Å². The molecule has 1 aromatic rings. The second-order valence-electron chi connectivity index (χ2n) is 15.6. The molecule has 304 valence electrons. The Morgan fingerprint density at radius 2 is 1.16 bits per heavy atom. The molecule has 10 atom stereocenters. The van der Waals surface area contributed by atoms with E-state index in [2.05, 4.69) is 53.2 Å². The fourth-order valence-corrected chi connectivity index (χ4v) is 7.94. The first-order chi connectivity index (χ1) is 26.3. The van der Waals surface area contributed by atoms with Crippen LogP contribution in [-0.4, -0.2) is 137 Å². The number of rotatable bonds is 17. The van der Waals surface area contributed by atoms with Gasteiger partial charge in [0.15, 0.2) is 0 Å². The van der Waals surface area contributed by atoms with Gasteiger partial charge in [-0.3, -0.25) is 28.8 Å². The zero-order chi connectivity index (χ0) is 39.6. The minimum atomic E-state index is -0.650. The minimum absolute atomic E-state index is 0.0126. The molecule has 0 bridgehead atoms. The molecule has 4 aliphatic rings. The van der Waals surface area contributed by atoms with E-state index in [1.54, 1.807) is 24.3 Å². The van der Waals surface area contributed by atoms with Crippen molar-refractivity contribution in [1.29, 1.82) is 0 Å². The molecular formula is C37H59N11O7. The van der Waals surface area contributed by atoms with Crippen molar-refractivity contribution in [2.45, 2.75) is 56.9 Å². The lowest BCUT2D eigenvalue weighted by Gasteiger charge is -2.28. The van der Waals surface area contributed by atoms with Gasteiger partial charge in [0.25, 0.3) is 0 Å². The predicted molar refractivity (Wildman–Crippen MR) is 203 cm³/mol. The van der Waals surface area contributed by atoms with E-state index in [-0.39, 0.29) is 66.1 Å². The summed E-state index contributed by atoms with van der Waals surface area (Å²) >= 11 is 0. The lowest BCUT2D eigenvalue weighted by atomic mass is 9.95. The van der Waals surface area contributed by atoms with Gasteiger partial charge < -0.3 is 64.0 Å². The monoisotopic (exact) mass is 769 g/mol. The van der Waals surface area contributed by atoms with Crippen molar-refractivity contribution in [3.63, 3.8) is 0 Å². The van der Waals surface area contributed by atoms with Crippen molar-refractivity contribution >= 4 is 35.4 Å². The predicted octanol–water partition coefficient (Wildman–Crippen LogP) is -4.40. The van der Waals surface area contributed by atoms with Gasteiger partial charge in [-0.15, -0.1) is 0 Å². The molecule has 18 heteroatoms. The second-order valence-corrected chi connectivity index (χ2v) is 15.6. The van der Waals surface area contributed by atoms with Crippen LogP contribution >= 0.6 is 0 Å². The van der Waals surface area contributed by atoms with E-state index in [0.29, 0.717) is 58.8 Å². The molecular weight excluding hydrogens is 710 g/mol. The van der Waals surface area contributed by atoms with Gasteiger partial charge in [-0.25, -0.2) is 0 Å². The van der Waals surface area contributed by atoms with Gasteiger partial charge in [0.1, 0.15) is 5.75 Å². The van der Waals surface area contributed by atoms with Crippen LogP contribution in [0.25, 0.3) is 0 Å². The summed E-state index contributed by atoms with van der Waals surface area (Å²) in [7, 11) is 1.81. The smallest absolute Gasteiger partial charge is 0.226 e. The van der Waals surface area contributed by atoms with Crippen molar-refractivity contribution in [2.24, 2.45) is 41.2 Å². The summed E-state index contributed by atoms with van der Waals surface area (Å²) in [6.07, 6.45) is 0.322. The number of likely N-dealkylation sites (N-methyl/N-ethyl adjacent to an activating group) is 1. The molecule has 0 aliphatic carbocycles. The Balaban J connectivity index is 1.17. The molecule has 0 saturated carbocycles. The Hall–Kier alpha value is -4.36. The van der Waals surface area contributed by atoms with Crippen molar-refractivity contribution in [3.8, 4) is 5.75 Å². The quantitative estimate of drug-likeness (QED) is 0.0717. The number of hydrogen-bond donors (Lipinski definition) is 12. The second kappa shape index (κ2) is 19.5. The number of nitrogens with one attached hydrogen (secondary N) is 10. The number of hydrogen-bond acceptors (Lipinski definition) is 12. The highest BCUT2D eigenvalue weighted by atomic mass is 16.3. The molecule has 0 spiro atoms. The highest BCUT2D eigenvalue weighted by Gasteiger charge is 2.42. The Morgan fingerprint density at radius 3 is 1.65 bits per heavy atom. The van der Waals surface area contributed by atoms with Gasteiger partial charge in [0.2, 0.25) is 35.4 Å². The number of aromatic hydroxyl groups is 1. The fraction of sp³-hybridized carbons (Fsp3) is 0.676. The number of carbonyl (C=O) groups excluding carboxylic acids is 6. The average molecular weight is 770 g/mol. The molecule has 6 amide bonds. The Kier molecular flexibility index (Phi) is 14.8. The van der Waals surface area contributed by atoms with Crippen LogP contribution in [0.5, 0.6) is 5.75 Å². The Bertz CT molecular complexity index is 1530. The summed E-state index contributed by atoms with van der Waals surface area (Å²) < 4.78 is 0. The molecule has 13 N–H and O–H groups in total. The normalized spacial score (nSPS) is 28.7. The van der Waals surface area contributed by atoms with E-state index in [4.69, 9.17) is 5.73 Å². The summed E-state index contributed by atoms with van der Waals surface area (Å²) in [6, 6.07) is 4.59. The maximum atomic E-state index is 13.8.